The van der Waals surface area contributed by atoms with Crippen LogP contribution in [0.4, 0.5) is 0 Å². The fourth-order valence-corrected chi connectivity index (χ4v) is 2.38. The number of aliphatic hydroxyl groups excluding tert-OH is 1. The van der Waals surface area contributed by atoms with Crippen LogP contribution in [-0.4, -0.2) is 30.9 Å². The predicted octanol–water partition coefficient (Wildman–Crippen LogP) is 2.68. The molecule has 2 rings (SSSR count). The van der Waals surface area contributed by atoms with Crippen LogP contribution in [0.1, 0.15) is 24.8 Å². The van der Waals surface area contributed by atoms with E-state index in [9.17, 15) is 5.11 Å². The van der Waals surface area contributed by atoms with E-state index in [-0.39, 0.29) is 0 Å². The van der Waals surface area contributed by atoms with E-state index in [1.807, 2.05) is 31.2 Å². The first-order valence-electron chi connectivity index (χ1n) is 7.47. The number of hydrogen-bond acceptors (Lipinski definition) is 3. The lowest BCUT2D eigenvalue weighted by atomic mass is 9.94. The minimum absolute atomic E-state index is 0.334. The van der Waals surface area contributed by atoms with Crippen molar-refractivity contribution in [1.82, 2.24) is 5.32 Å². The van der Waals surface area contributed by atoms with E-state index in [2.05, 4.69) is 17.5 Å². The van der Waals surface area contributed by atoms with E-state index in [1.54, 1.807) is 0 Å². The highest BCUT2D eigenvalue weighted by Crippen LogP contribution is 2.16. The Bertz CT molecular complexity index is 414. The van der Waals surface area contributed by atoms with Crippen LogP contribution in [0.2, 0.25) is 0 Å². The Morgan fingerprint density at radius 3 is 2.80 bits per heavy atom. The fraction of sp³-hybridized carbons (Fsp3) is 0.529. The molecule has 20 heavy (non-hydrogen) atoms. The van der Waals surface area contributed by atoms with Crippen LogP contribution in [-0.2, 0) is 0 Å². The smallest absolute Gasteiger partial charge is 0.119 e. The van der Waals surface area contributed by atoms with Gasteiger partial charge in [0.25, 0.3) is 0 Å². The molecule has 3 nitrogen and oxygen atoms in total. The number of ether oxygens (including phenoxy) is 1. The van der Waals surface area contributed by atoms with Crippen molar-refractivity contribution in [3.05, 3.63) is 42.0 Å². The number of nitrogens with one attached hydrogen (secondary N) is 1. The topological polar surface area (TPSA) is 41.5 Å². The Kier molecular flexibility index (Phi) is 6.09. The van der Waals surface area contributed by atoms with Crippen molar-refractivity contribution in [3.8, 4) is 5.75 Å². The monoisotopic (exact) mass is 275 g/mol. The van der Waals surface area contributed by atoms with Gasteiger partial charge in [0.2, 0.25) is 0 Å². The third kappa shape index (κ3) is 5.35. The minimum atomic E-state index is -0.463. The van der Waals surface area contributed by atoms with Crippen LogP contribution in [0.15, 0.2) is 36.4 Å². The quantitative estimate of drug-likeness (QED) is 0.752. The Balaban J connectivity index is 1.59. The van der Waals surface area contributed by atoms with E-state index >= 15 is 0 Å². The Morgan fingerprint density at radius 2 is 2.10 bits per heavy atom. The summed E-state index contributed by atoms with van der Waals surface area (Å²) in [7, 11) is 0. The molecule has 110 valence electrons. The van der Waals surface area contributed by atoms with Crippen molar-refractivity contribution in [2.24, 2.45) is 5.92 Å². The third-order valence-electron chi connectivity index (χ3n) is 3.65. The fourth-order valence-electron chi connectivity index (χ4n) is 2.38. The Labute approximate surface area is 121 Å². The summed E-state index contributed by atoms with van der Waals surface area (Å²) in [6, 6.07) is 7.89. The summed E-state index contributed by atoms with van der Waals surface area (Å²) in [4.78, 5) is 0. The van der Waals surface area contributed by atoms with E-state index in [0.29, 0.717) is 19.1 Å². The first-order valence-corrected chi connectivity index (χ1v) is 7.47. The average molecular weight is 275 g/mol. The maximum absolute atomic E-state index is 9.89. The zero-order valence-electron chi connectivity index (χ0n) is 12.2. The highest BCUT2D eigenvalue weighted by Gasteiger charge is 2.11. The molecule has 0 saturated heterocycles. The highest BCUT2D eigenvalue weighted by molar-refractivity contribution is 5.26. The summed E-state index contributed by atoms with van der Waals surface area (Å²) in [5, 5.41) is 13.2. The van der Waals surface area contributed by atoms with Gasteiger partial charge in [-0.15, -0.1) is 0 Å². The second-order valence-electron chi connectivity index (χ2n) is 5.59. The summed E-state index contributed by atoms with van der Waals surface area (Å²) < 4.78 is 5.56. The lowest BCUT2D eigenvalue weighted by Gasteiger charge is -2.19. The molecule has 0 heterocycles. The van der Waals surface area contributed by atoms with Gasteiger partial charge in [-0.1, -0.05) is 29.8 Å². The molecular weight excluding hydrogens is 250 g/mol. The van der Waals surface area contributed by atoms with Gasteiger partial charge in [0, 0.05) is 6.54 Å². The summed E-state index contributed by atoms with van der Waals surface area (Å²) in [6.45, 7) is 3.95. The summed E-state index contributed by atoms with van der Waals surface area (Å²) in [6.07, 6.45) is 7.64. The normalized spacial score (nSPS) is 19.8. The molecule has 2 atom stereocenters. The van der Waals surface area contributed by atoms with Crippen LogP contribution in [0.25, 0.3) is 0 Å². The van der Waals surface area contributed by atoms with Crippen LogP contribution in [0.3, 0.4) is 0 Å². The second-order valence-corrected chi connectivity index (χ2v) is 5.59. The molecule has 0 aliphatic heterocycles. The standard InChI is InChI=1S/C17H25NO2/c1-14-7-9-17(10-8-14)20-13-16(19)12-18-11-15-5-3-2-4-6-15/h2-3,7-10,15-16,18-19H,4-6,11-13H2,1H3. The second kappa shape index (κ2) is 8.08. The summed E-state index contributed by atoms with van der Waals surface area (Å²) in [5.74, 6) is 1.53. The predicted molar refractivity (Wildman–Crippen MR) is 82.0 cm³/mol. The number of allylic oxidation sites excluding steroid dienone is 2. The lowest BCUT2D eigenvalue weighted by Crippen LogP contribution is -2.34. The first kappa shape index (κ1) is 15.1. The molecule has 1 aliphatic carbocycles. The number of benzene rings is 1. The number of rotatable bonds is 7. The molecule has 2 unspecified atom stereocenters. The van der Waals surface area contributed by atoms with Gasteiger partial charge in [0.1, 0.15) is 18.5 Å². The van der Waals surface area contributed by atoms with E-state index < -0.39 is 6.10 Å². The largest absolute Gasteiger partial charge is 0.491 e. The molecule has 2 N–H and O–H groups in total. The molecule has 0 saturated carbocycles. The highest BCUT2D eigenvalue weighted by atomic mass is 16.5. The molecule has 0 fully saturated rings. The lowest BCUT2D eigenvalue weighted by molar-refractivity contribution is 0.105. The van der Waals surface area contributed by atoms with Crippen LogP contribution in [0.5, 0.6) is 5.75 Å². The molecule has 1 aromatic rings. The first-order chi connectivity index (χ1) is 9.74. The van der Waals surface area contributed by atoms with Crippen molar-refractivity contribution >= 4 is 0 Å². The van der Waals surface area contributed by atoms with Gasteiger partial charge in [-0.25, -0.2) is 0 Å². The van der Waals surface area contributed by atoms with Gasteiger partial charge in [0.05, 0.1) is 0 Å². The van der Waals surface area contributed by atoms with Crippen LogP contribution >= 0.6 is 0 Å². The summed E-state index contributed by atoms with van der Waals surface area (Å²) >= 11 is 0. The molecule has 0 amide bonds. The van der Waals surface area contributed by atoms with Gasteiger partial charge in [-0.05, 0) is 50.8 Å². The van der Waals surface area contributed by atoms with Gasteiger partial charge in [-0.3, -0.25) is 0 Å². The molecule has 1 aromatic carbocycles. The van der Waals surface area contributed by atoms with E-state index in [1.165, 1.54) is 18.4 Å². The maximum Gasteiger partial charge on any atom is 0.119 e. The third-order valence-corrected chi connectivity index (χ3v) is 3.65. The Morgan fingerprint density at radius 1 is 1.30 bits per heavy atom. The van der Waals surface area contributed by atoms with E-state index in [4.69, 9.17) is 4.74 Å². The SMILES string of the molecule is Cc1ccc(OCC(O)CNCC2CC=CCC2)cc1. The van der Waals surface area contributed by atoms with Crippen molar-refractivity contribution in [2.45, 2.75) is 32.3 Å². The van der Waals surface area contributed by atoms with Crippen LogP contribution < -0.4 is 10.1 Å². The maximum atomic E-state index is 9.89. The van der Waals surface area contributed by atoms with Gasteiger partial charge >= 0.3 is 0 Å². The van der Waals surface area contributed by atoms with Crippen molar-refractivity contribution in [3.63, 3.8) is 0 Å². The number of aliphatic hydroxyl groups is 1. The average Bonchev–Trinajstić information content (AvgIpc) is 2.48. The number of hydrogen-bond donors (Lipinski definition) is 2. The van der Waals surface area contributed by atoms with Gasteiger partial charge in [-0.2, -0.15) is 0 Å². The molecule has 0 aromatic heterocycles. The Hall–Kier alpha value is -1.32. The minimum Gasteiger partial charge on any atom is -0.491 e. The summed E-state index contributed by atoms with van der Waals surface area (Å²) in [5.41, 5.74) is 1.21. The van der Waals surface area contributed by atoms with Gasteiger partial charge in [0.15, 0.2) is 0 Å². The number of aryl methyl sites for hydroxylation is 1. The zero-order valence-corrected chi connectivity index (χ0v) is 12.2. The molecule has 0 bridgehead atoms. The van der Waals surface area contributed by atoms with Crippen molar-refractivity contribution in [1.29, 1.82) is 0 Å². The van der Waals surface area contributed by atoms with Crippen LogP contribution in [0, 0.1) is 12.8 Å². The van der Waals surface area contributed by atoms with E-state index in [0.717, 1.165) is 18.7 Å². The van der Waals surface area contributed by atoms with Crippen molar-refractivity contribution in [2.75, 3.05) is 19.7 Å². The molecule has 3 heteroatoms. The molecular formula is C17H25NO2. The molecule has 0 spiro atoms. The zero-order chi connectivity index (χ0) is 14.2. The molecule has 0 radical (unpaired) electrons. The van der Waals surface area contributed by atoms with Crippen molar-refractivity contribution < 1.29 is 9.84 Å². The molecule has 1 aliphatic rings. The van der Waals surface area contributed by atoms with Gasteiger partial charge < -0.3 is 15.2 Å².